The largest absolute Gasteiger partial charge is 0.492 e. The van der Waals surface area contributed by atoms with E-state index in [4.69, 9.17) is 20.7 Å². The highest BCUT2D eigenvalue weighted by molar-refractivity contribution is 7.67. The third-order valence-corrected chi connectivity index (χ3v) is 10.0. The maximum atomic E-state index is 12.9. The first-order chi connectivity index (χ1) is 16.2. The highest BCUT2D eigenvalue weighted by Crippen LogP contribution is 2.71. The fourth-order valence-corrected chi connectivity index (χ4v) is 7.21. The Hall–Kier alpha value is -1.36. The monoisotopic (exact) mass is 562 g/mol. The van der Waals surface area contributed by atoms with Gasteiger partial charge in [-0.3, -0.25) is 18.1 Å². The van der Waals surface area contributed by atoms with E-state index in [-0.39, 0.29) is 11.5 Å². The van der Waals surface area contributed by atoms with Gasteiger partial charge in [0.1, 0.15) is 24.6 Å². The number of ether oxygens (including phenoxy) is 1. The van der Waals surface area contributed by atoms with Crippen LogP contribution >= 0.6 is 23.5 Å². The molecule has 0 radical (unpaired) electrons. The van der Waals surface area contributed by atoms with Crippen molar-refractivity contribution in [1.29, 1.82) is 0 Å². The van der Waals surface area contributed by atoms with Crippen LogP contribution in [0.5, 0.6) is 0 Å². The number of aliphatic hydroxyl groups is 1. The van der Waals surface area contributed by atoms with E-state index in [1.807, 2.05) is 0 Å². The molecule has 3 rings (SSSR count). The molecule has 1 saturated heterocycles. The number of fused-ring (bicyclic) bond motifs is 1. The van der Waals surface area contributed by atoms with Gasteiger partial charge in [0, 0.05) is 21.3 Å². The molecule has 3 unspecified atom stereocenters. The third kappa shape index (κ3) is 5.81. The van der Waals surface area contributed by atoms with Crippen molar-refractivity contribution in [3.63, 3.8) is 0 Å². The molecule has 1 aliphatic heterocycles. The van der Waals surface area contributed by atoms with E-state index in [1.54, 1.807) is 0 Å². The van der Waals surface area contributed by atoms with Crippen LogP contribution in [0.15, 0.2) is 12.5 Å². The molecule has 198 valence electrons. The minimum atomic E-state index is -4.98. The van der Waals surface area contributed by atoms with E-state index in [1.165, 1.54) is 24.0 Å². The first-order valence-corrected chi connectivity index (χ1v) is 14.0. The first-order valence-electron chi connectivity index (χ1n) is 9.54. The number of nitrogens with zero attached hydrogens (tertiary/aromatic N) is 4. The summed E-state index contributed by atoms with van der Waals surface area (Å²) in [5, 5.41) is 14.8. The zero-order valence-electron chi connectivity index (χ0n) is 18.9. The maximum Gasteiger partial charge on any atom is 0.492 e. The average Bonchev–Trinajstić information content (AvgIpc) is 3.32. The first kappa shape index (κ1) is 28.2. The zero-order chi connectivity index (χ0) is 26.2. The molecule has 1 fully saturated rings. The van der Waals surface area contributed by atoms with Crippen molar-refractivity contribution < 1.29 is 55.1 Å². The molecular formula is C14H25N6O12P3. The molecule has 0 aromatic carbocycles. The number of phosphoric ester groups is 2. The topological polar surface area (TPSA) is 251 Å². The number of aliphatic hydroxyl groups excluding tert-OH is 1. The second kappa shape index (κ2) is 10.2. The number of imidazole rings is 1. The van der Waals surface area contributed by atoms with Crippen molar-refractivity contribution in [2.45, 2.75) is 30.8 Å². The molecule has 2 aromatic rings. The Morgan fingerprint density at radius 1 is 1.14 bits per heavy atom. The minimum Gasteiger partial charge on any atom is -0.388 e. The Bertz CT molecular complexity index is 1210. The van der Waals surface area contributed by atoms with Crippen LogP contribution in [0, 0.1) is 0 Å². The Morgan fingerprint density at radius 3 is 2.40 bits per heavy atom. The standard InChI is InChI=1S/C14H25N6O12P3/c1-14(16)10(21)9(30-11(14)8-5-17-13-12(15)18-7-19-20(8)13)6-29-34(24,27-3)32-35(25,28-4)31-33(22,23)26-2/h5,7,9-11,21H,6,16H2,1-4H3,(H,22,23)(H2,15,18,19)/t9-,10-,11+,14-,34?,35?/m1/s1. The number of hydrogen-bond acceptors (Lipinski definition) is 16. The van der Waals surface area contributed by atoms with Crippen LogP contribution in [-0.2, 0) is 45.1 Å². The van der Waals surface area contributed by atoms with E-state index >= 15 is 0 Å². The molecule has 3 heterocycles. The highest BCUT2D eigenvalue weighted by atomic mass is 31.3. The van der Waals surface area contributed by atoms with Gasteiger partial charge in [0.05, 0.1) is 24.0 Å². The molecule has 21 heteroatoms. The number of rotatable bonds is 11. The quantitative estimate of drug-likeness (QED) is 0.272. The molecule has 0 saturated carbocycles. The number of aromatic nitrogens is 4. The van der Waals surface area contributed by atoms with Gasteiger partial charge < -0.3 is 26.2 Å². The van der Waals surface area contributed by atoms with E-state index in [0.29, 0.717) is 5.69 Å². The van der Waals surface area contributed by atoms with Gasteiger partial charge in [-0.1, -0.05) is 0 Å². The molecule has 35 heavy (non-hydrogen) atoms. The van der Waals surface area contributed by atoms with Gasteiger partial charge in [0.15, 0.2) is 11.5 Å². The fraction of sp³-hybridized carbons (Fsp3) is 0.643. The molecule has 18 nitrogen and oxygen atoms in total. The molecule has 0 spiro atoms. The summed E-state index contributed by atoms with van der Waals surface area (Å²) in [7, 11) is -12.2. The highest BCUT2D eigenvalue weighted by Gasteiger charge is 2.53. The van der Waals surface area contributed by atoms with Crippen LogP contribution in [0.4, 0.5) is 5.82 Å². The lowest BCUT2D eigenvalue weighted by Crippen LogP contribution is -2.51. The molecule has 7 atom stereocenters. The predicted octanol–water partition coefficient (Wildman–Crippen LogP) is 0.530. The van der Waals surface area contributed by atoms with E-state index in [0.717, 1.165) is 21.3 Å². The van der Waals surface area contributed by atoms with Crippen molar-refractivity contribution in [1.82, 2.24) is 19.6 Å². The van der Waals surface area contributed by atoms with Gasteiger partial charge in [-0.25, -0.2) is 28.2 Å². The SMILES string of the molecule is COP(=O)(O)OP(=O)(OC)OP(=O)(OC)OC[C@H]1O[C@@H](c2cnc3c(N)ncnn23)[C@](C)(N)[C@@H]1O. The van der Waals surface area contributed by atoms with Crippen molar-refractivity contribution in [3.8, 4) is 0 Å². The van der Waals surface area contributed by atoms with E-state index in [2.05, 4.69) is 37.3 Å². The summed E-state index contributed by atoms with van der Waals surface area (Å²) in [5.74, 6) is 0.104. The van der Waals surface area contributed by atoms with E-state index in [9.17, 15) is 23.7 Å². The average molecular weight is 562 g/mol. The van der Waals surface area contributed by atoms with Crippen molar-refractivity contribution in [2.24, 2.45) is 5.73 Å². The van der Waals surface area contributed by atoms with Crippen molar-refractivity contribution in [3.05, 3.63) is 18.2 Å². The summed E-state index contributed by atoms with van der Waals surface area (Å²) in [6, 6.07) is 0. The molecule has 0 amide bonds. The summed E-state index contributed by atoms with van der Waals surface area (Å²) in [6.07, 6.45) is -1.00. The van der Waals surface area contributed by atoms with Crippen molar-refractivity contribution in [2.75, 3.05) is 33.7 Å². The van der Waals surface area contributed by atoms with Gasteiger partial charge >= 0.3 is 23.5 Å². The Labute approximate surface area is 198 Å². The number of nitrogens with two attached hydrogens (primary N) is 2. The summed E-state index contributed by atoms with van der Waals surface area (Å²) in [5.41, 5.74) is 11.3. The Morgan fingerprint density at radius 2 is 1.80 bits per heavy atom. The number of phosphoric acid groups is 3. The normalized spacial score (nSPS) is 30.1. The van der Waals surface area contributed by atoms with Crippen LogP contribution < -0.4 is 11.5 Å². The lowest BCUT2D eigenvalue weighted by atomic mass is 9.88. The van der Waals surface area contributed by atoms with Crippen LogP contribution in [0.25, 0.3) is 5.65 Å². The molecule has 0 bridgehead atoms. The molecule has 0 aliphatic carbocycles. The van der Waals surface area contributed by atoms with E-state index < -0.39 is 53.9 Å². The molecular weight excluding hydrogens is 537 g/mol. The van der Waals surface area contributed by atoms with Crippen LogP contribution in [-0.4, -0.2) is 75.3 Å². The zero-order valence-corrected chi connectivity index (χ0v) is 21.5. The lowest BCUT2D eigenvalue weighted by molar-refractivity contribution is -0.0246. The number of hydrogen-bond donors (Lipinski definition) is 4. The third-order valence-electron chi connectivity index (χ3n) is 4.97. The second-order valence-corrected chi connectivity index (χ2v) is 12.7. The van der Waals surface area contributed by atoms with Gasteiger partial charge in [-0.2, -0.15) is 13.7 Å². The summed E-state index contributed by atoms with van der Waals surface area (Å²) >= 11 is 0. The Balaban J connectivity index is 1.78. The summed E-state index contributed by atoms with van der Waals surface area (Å²) in [6.45, 7) is 0.837. The van der Waals surface area contributed by atoms with Crippen LogP contribution in [0.1, 0.15) is 18.7 Å². The van der Waals surface area contributed by atoms with Gasteiger partial charge in [-0.15, -0.1) is 0 Å². The maximum absolute atomic E-state index is 12.9. The Kier molecular flexibility index (Phi) is 8.21. The predicted molar refractivity (Wildman–Crippen MR) is 116 cm³/mol. The minimum absolute atomic E-state index is 0.104. The molecule has 2 aromatic heterocycles. The van der Waals surface area contributed by atoms with Gasteiger partial charge in [0.2, 0.25) is 0 Å². The van der Waals surface area contributed by atoms with Crippen LogP contribution in [0.2, 0.25) is 0 Å². The fourth-order valence-electron chi connectivity index (χ4n) is 3.14. The number of nitrogen functional groups attached to an aromatic ring is 1. The smallest absolute Gasteiger partial charge is 0.388 e. The summed E-state index contributed by atoms with van der Waals surface area (Å²) in [4.78, 5) is 17.4. The van der Waals surface area contributed by atoms with Gasteiger partial charge in [0.25, 0.3) is 0 Å². The van der Waals surface area contributed by atoms with Crippen molar-refractivity contribution >= 4 is 34.9 Å². The summed E-state index contributed by atoms with van der Waals surface area (Å²) < 4.78 is 71.5. The lowest BCUT2D eigenvalue weighted by Gasteiger charge is -2.27. The second-order valence-electron chi connectivity index (χ2n) is 7.30. The van der Waals surface area contributed by atoms with Crippen LogP contribution in [0.3, 0.4) is 0 Å². The van der Waals surface area contributed by atoms with Gasteiger partial charge in [-0.05, 0) is 6.92 Å². The molecule has 6 N–H and O–H groups in total. The number of anilines is 1. The molecule has 1 aliphatic rings.